The molecular formula is C18H34N4O7S. The first-order valence-corrected chi connectivity index (χ1v) is 11.0. The van der Waals surface area contributed by atoms with Crippen molar-refractivity contribution < 1.29 is 34.5 Å². The number of rotatable bonds is 14. The first-order chi connectivity index (χ1) is 13.9. The van der Waals surface area contributed by atoms with E-state index in [4.69, 9.17) is 10.8 Å². The van der Waals surface area contributed by atoms with Gasteiger partial charge >= 0.3 is 5.97 Å². The van der Waals surface area contributed by atoms with Gasteiger partial charge in [-0.05, 0) is 37.7 Å². The normalized spacial score (nSPS) is 16.1. The third kappa shape index (κ3) is 10.2. The van der Waals surface area contributed by atoms with Gasteiger partial charge in [0.05, 0.1) is 12.7 Å². The molecule has 0 aromatic rings. The minimum absolute atomic E-state index is 0.00633. The Balaban J connectivity index is 5.33. The molecule has 0 radical (unpaired) electrons. The predicted molar refractivity (Wildman–Crippen MR) is 113 cm³/mol. The molecule has 0 spiro atoms. The lowest BCUT2D eigenvalue weighted by Crippen LogP contribution is -2.60. The van der Waals surface area contributed by atoms with E-state index < -0.39 is 60.6 Å². The van der Waals surface area contributed by atoms with E-state index in [2.05, 4.69) is 16.0 Å². The molecule has 0 unspecified atom stereocenters. The summed E-state index contributed by atoms with van der Waals surface area (Å²) in [5.41, 5.74) is 5.46. The number of nitrogens with two attached hydrogens (primary N) is 1. The number of amides is 3. The van der Waals surface area contributed by atoms with Crippen LogP contribution in [0.15, 0.2) is 0 Å². The van der Waals surface area contributed by atoms with Crippen molar-refractivity contribution in [2.45, 2.75) is 63.9 Å². The van der Waals surface area contributed by atoms with Gasteiger partial charge < -0.3 is 37.0 Å². The van der Waals surface area contributed by atoms with Crippen LogP contribution in [0.5, 0.6) is 0 Å². The van der Waals surface area contributed by atoms with E-state index in [1.807, 2.05) is 13.8 Å². The molecule has 0 saturated carbocycles. The molecule has 0 aromatic heterocycles. The van der Waals surface area contributed by atoms with Gasteiger partial charge in [0.25, 0.3) is 0 Å². The van der Waals surface area contributed by atoms with Gasteiger partial charge in [0.15, 0.2) is 0 Å². The van der Waals surface area contributed by atoms with Crippen LogP contribution in [0.25, 0.3) is 0 Å². The van der Waals surface area contributed by atoms with Crippen LogP contribution >= 0.6 is 11.8 Å². The minimum Gasteiger partial charge on any atom is -0.480 e. The number of hydrogen-bond donors (Lipinski definition) is 7. The maximum Gasteiger partial charge on any atom is 0.326 e. The molecule has 5 atom stereocenters. The number of aliphatic carboxylic acids is 1. The number of carbonyl (C=O) groups excluding carboxylic acids is 3. The summed E-state index contributed by atoms with van der Waals surface area (Å²) in [6.07, 6.45) is 0.869. The van der Waals surface area contributed by atoms with Crippen molar-refractivity contribution in [2.24, 2.45) is 11.7 Å². The Labute approximate surface area is 180 Å². The number of thioether (sulfide) groups is 1. The molecule has 0 rings (SSSR count). The summed E-state index contributed by atoms with van der Waals surface area (Å²) in [5, 5.41) is 35.3. The van der Waals surface area contributed by atoms with E-state index in [0.29, 0.717) is 5.75 Å². The van der Waals surface area contributed by atoms with Gasteiger partial charge in [0.2, 0.25) is 17.7 Å². The van der Waals surface area contributed by atoms with Crippen molar-refractivity contribution >= 4 is 35.5 Å². The third-order valence-corrected chi connectivity index (χ3v) is 4.81. The van der Waals surface area contributed by atoms with Crippen LogP contribution in [0.3, 0.4) is 0 Å². The molecule has 0 fully saturated rings. The minimum atomic E-state index is -1.42. The van der Waals surface area contributed by atoms with Crippen molar-refractivity contribution in [2.75, 3.05) is 18.6 Å². The Bertz CT molecular complexity index is 589. The highest BCUT2D eigenvalue weighted by molar-refractivity contribution is 7.98. The van der Waals surface area contributed by atoms with Gasteiger partial charge in [-0.15, -0.1) is 0 Å². The fourth-order valence-corrected chi connectivity index (χ4v) is 2.95. The van der Waals surface area contributed by atoms with Crippen LogP contribution in [0.1, 0.15) is 33.6 Å². The number of aliphatic hydroxyl groups is 2. The molecule has 0 aromatic carbocycles. The Morgan fingerprint density at radius 1 is 0.967 bits per heavy atom. The van der Waals surface area contributed by atoms with Gasteiger partial charge in [-0.25, -0.2) is 4.79 Å². The fourth-order valence-electron chi connectivity index (χ4n) is 2.48. The summed E-state index contributed by atoms with van der Waals surface area (Å²) in [5.74, 6) is -3.06. The van der Waals surface area contributed by atoms with E-state index >= 15 is 0 Å². The number of carboxylic acid groups (broad SMARTS) is 1. The van der Waals surface area contributed by atoms with E-state index in [1.54, 1.807) is 6.26 Å². The SMILES string of the molecule is CSCC[C@H](NC(=O)[C@@H](NC(=O)[C@H](CC(C)C)NC(=O)[C@@H](N)CO)[C@@H](C)O)C(=O)O. The van der Waals surface area contributed by atoms with E-state index in [0.717, 1.165) is 0 Å². The zero-order valence-corrected chi connectivity index (χ0v) is 18.6. The lowest BCUT2D eigenvalue weighted by atomic mass is 10.0. The summed E-state index contributed by atoms with van der Waals surface area (Å²) >= 11 is 1.42. The highest BCUT2D eigenvalue weighted by Gasteiger charge is 2.32. The summed E-state index contributed by atoms with van der Waals surface area (Å²) in [7, 11) is 0. The molecule has 3 amide bonds. The number of aliphatic hydroxyl groups excluding tert-OH is 2. The molecule has 0 aliphatic carbocycles. The van der Waals surface area contributed by atoms with E-state index in [-0.39, 0.29) is 18.8 Å². The number of carbonyl (C=O) groups is 4. The van der Waals surface area contributed by atoms with Crippen LogP contribution in [0.4, 0.5) is 0 Å². The van der Waals surface area contributed by atoms with Crippen molar-refractivity contribution in [3.05, 3.63) is 0 Å². The highest BCUT2D eigenvalue weighted by atomic mass is 32.2. The quantitative estimate of drug-likeness (QED) is 0.157. The highest BCUT2D eigenvalue weighted by Crippen LogP contribution is 2.07. The van der Waals surface area contributed by atoms with E-state index in [1.165, 1.54) is 18.7 Å². The van der Waals surface area contributed by atoms with Crippen molar-refractivity contribution in [3.63, 3.8) is 0 Å². The zero-order valence-electron chi connectivity index (χ0n) is 17.8. The van der Waals surface area contributed by atoms with Crippen LogP contribution in [-0.2, 0) is 19.2 Å². The second kappa shape index (κ2) is 14.2. The zero-order chi connectivity index (χ0) is 23.4. The van der Waals surface area contributed by atoms with Gasteiger partial charge in [-0.2, -0.15) is 11.8 Å². The number of hydrogen-bond acceptors (Lipinski definition) is 8. The Hall–Kier alpha value is -1.89. The molecule has 0 aliphatic heterocycles. The first kappa shape index (κ1) is 28.1. The predicted octanol–water partition coefficient (Wildman–Crippen LogP) is -1.97. The smallest absolute Gasteiger partial charge is 0.326 e. The Kier molecular flexibility index (Phi) is 13.3. The Morgan fingerprint density at radius 2 is 1.53 bits per heavy atom. The first-order valence-electron chi connectivity index (χ1n) is 9.61. The molecule has 174 valence electrons. The maximum absolute atomic E-state index is 12.7. The average molecular weight is 451 g/mol. The van der Waals surface area contributed by atoms with Gasteiger partial charge in [0, 0.05) is 0 Å². The molecule has 0 heterocycles. The molecule has 0 saturated heterocycles. The standard InChI is InChI=1S/C18H34N4O7S/c1-9(2)7-13(21-15(25)11(19)8-23)16(26)22-14(10(3)24)17(27)20-12(18(28)29)5-6-30-4/h9-14,23-24H,5-8,19H2,1-4H3,(H,20,27)(H,21,25)(H,22,26)(H,28,29)/t10-,11+,12+,13+,14+/m1/s1. The molecule has 0 bridgehead atoms. The summed E-state index contributed by atoms with van der Waals surface area (Å²) in [4.78, 5) is 48.5. The van der Waals surface area contributed by atoms with Crippen LogP contribution in [0, 0.1) is 5.92 Å². The largest absolute Gasteiger partial charge is 0.480 e. The molecule has 0 aliphatic rings. The van der Waals surface area contributed by atoms with E-state index in [9.17, 15) is 29.4 Å². The molecule has 11 nitrogen and oxygen atoms in total. The van der Waals surface area contributed by atoms with Crippen LogP contribution in [-0.4, -0.2) is 87.9 Å². The third-order valence-electron chi connectivity index (χ3n) is 4.16. The van der Waals surface area contributed by atoms with Crippen molar-refractivity contribution in [1.82, 2.24) is 16.0 Å². The van der Waals surface area contributed by atoms with Gasteiger partial charge in [0.1, 0.15) is 24.2 Å². The lowest BCUT2D eigenvalue weighted by Gasteiger charge is -2.27. The van der Waals surface area contributed by atoms with Gasteiger partial charge in [-0.1, -0.05) is 13.8 Å². The topological polar surface area (TPSA) is 191 Å². The fraction of sp³-hybridized carbons (Fsp3) is 0.778. The number of nitrogens with one attached hydrogen (secondary N) is 3. The second-order valence-electron chi connectivity index (χ2n) is 7.39. The van der Waals surface area contributed by atoms with Gasteiger partial charge in [-0.3, -0.25) is 14.4 Å². The van der Waals surface area contributed by atoms with Crippen LogP contribution in [0.2, 0.25) is 0 Å². The molecular weight excluding hydrogens is 416 g/mol. The maximum atomic E-state index is 12.7. The summed E-state index contributed by atoms with van der Waals surface area (Å²) < 4.78 is 0. The lowest BCUT2D eigenvalue weighted by molar-refractivity contribution is -0.143. The Morgan fingerprint density at radius 3 is 1.97 bits per heavy atom. The average Bonchev–Trinajstić information content (AvgIpc) is 2.66. The van der Waals surface area contributed by atoms with Crippen molar-refractivity contribution in [1.29, 1.82) is 0 Å². The molecule has 12 heteroatoms. The molecule has 8 N–H and O–H groups in total. The second-order valence-corrected chi connectivity index (χ2v) is 8.37. The summed E-state index contributed by atoms with van der Waals surface area (Å²) in [6, 6.07) is -4.87. The molecule has 30 heavy (non-hydrogen) atoms. The summed E-state index contributed by atoms with van der Waals surface area (Å²) in [6.45, 7) is 4.31. The van der Waals surface area contributed by atoms with Crippen molar-refractivity contribution in [3.8, 4) is 0 Å². The van der Waals surface area contributed by atoms with Crippen LogP contribution < -0.4 is 21.7 Å². The monoisotopic (exact) mass is 450 g/mol. The number of carboxylic acids is 1.